The van der Waals surface area contributed by atoms with Gasteiger partial charge in [0.15, 0.2) is 0 Å². The zero-order valence-corrected chi connectivity index (χ0v) is 49.8. The summed E-state index contributed by atoms with van der Waals surface area (Å²) in [5, 5.41) is 37.1. The van der Waals surface area contributed by atoms with Crippen molar-refractivity contribution in [2.45, 2.75) is 64.3 Å². The summed E-state index contributed by atoms with van der Waals surface area (Å²) in [4.78, 5) is 160. The Morgan fingerprint density at radius 2 is 0.920 bits per heavy atom. The monoisotopic (exact) mass is 1240 g/mol. The van der Waals surface area contributed by atoms with E-state index in [1.165, 1.54) is 11.1 Å². The minimum Gasteiger partial charge on any atom is -0.480 e. The number of benzene rings is 1. The molecule has 32 heteroatoms. The van der Waals surface area contributed by atoms with Crippen LogP contribution in [0.2, 0.25) is 0 Å². The smallest absolute Gasteiger partial charge is 0.347 e. The number of rotatable bonds is 33. The molecule has 3 fully saturated rings. The molecule has 488 valence electrons. The number of carbonyl (C=O) groups excluding carboxylic acids is 9. The third kappa shape index (κ3) is 33.4. The number of ether oxygens (including phenoxy) is 3. The van der Waals surface area contributed by atoms with Crippen molar-refractivity contribution in [3.8, 4) is 0 Å². The molecule has 0 saturated carbocycles. The van der Waals surface area contributed by atoms with Crippen LogP contribution in [0, 0.1) is 6.92 Å². The molecule has 5 amide bonds. The molecule has 1 aromatic rings. The summed E-state index contributed by atoms with van der Waals surface area (Å²) in [7, 11) is 0. The molecule has 0 bridgehead atoms. The summed E-state index contributed by atoms with van der Waals surface area (Å²) in [6.45, 7) is 8.48. The average molecular weight is 1240 g/mol. The second-order valence-electron chi connectivity index (χ2n) is 21.0. The van der Waals surface area contributed by atoms with Gasteiger partial charge in [-0.1, -0.05) is 29.8 Å². The number of hydrogen-bond acceptors (Lipinski definition) is 25. The highest BCUT2D eigenvalue weighted by atomic mass is 16.7. The molecule has 3 aliphatic heterocycles. The number of carbonyl (C=O) groups is 12. The first-order chi connectivity index (χ1) is 41.8. The molecular weight excluding hydrogens is 1150 g/mol. The fourth-order valence-corrected chi connectivity index (χ4v) is 9.30. The van der Waals surface area contributed by atoms with Gasteiger partial charge in [-0.2, -0.15) is 0 Å². The van der Waals surface area contributed by atoms with Gasteiger partial charge >= 0.3 is 23.9 Å². The van der Waals surface area contributed by atoms with Gasteiger partial charge in [0.25, 0.3) is 31.2 Å². The van der Waals surface area contributed by atoms with E-state index in [4.69, 9.17) is 24.8 Å². The molecule has 1 atom stereocenters. The Morgan fingerprint density at radius 3 is 1.32 bits per heavy atom. The van der Waals surface area contributed by atoms with Gasteiger partial charge in [-0.3, -0.25) is 91.9 Å². The van der Waals surface area contributed by atoms with E-state index in [2.05, 4.69) is 28.1 Å². The maximum absolute atomic E-state index is 13.4. The third-order valence-electron chi connectivity index (χ3n) is 14.2. The Hall–Kier alpha value is -7.30. The maximum Gasteiger partial charge on any atom is 0.347 e. The fraction of sp³-hybridized carbons (Fsp3) is 0.673. The number of hydroxylamine groups is 2. The van der Waals surface area contributed by atoms with Crippen LogP contribution in [0.15, 0.2) is 24.3 Å². The van der Waals surface area contributed by atoms with Crippen molar-refractivity contribution >= 4 is 72.8 Å². The van der Waals surface area contributed by atoms with Crippen molar-refractivity contribution in [1.82, 2.24) is 60.2 Å². The van der Waals surface area contributed by atoms with Gasteiger partial charge in [-0.15, -0.1) is 5.06 Å². The zero-order valence-electron chi connectivity index (χ0n) is 49.8. The summed E-state index contributed by atoms with van der Waals surface area (Å²) in [5.74, 6) is -5.86. The predicted molar refractivity (Wildman–Crippen MR) is 308 cm³/mol. The molecule has 87 heavy (non-hydrogen) atoms. The van der Waals surface area contributed by atoms with Crippen LogP contribution in [-0.2, 0) is 83.0 Å². The van der Waals surface area contributed by atoms with Crippen LogP contribution < -0.4 is 21.7 Å². The number of imide groups is 1. The minimum absolute atomic E-state index is 0.00604. The molecule has 3 saturated heterocycles. The Balaban J connectivity index is 0.000000491. The van der Waals surface area contributed by atoms with Crippen LogP contribution in [-0.4, -0.2) is 316 Å². The molecule has 0 aromatic heterocycles. The molecule has 4 rings (SSSR count). The lowest BCUT2D eigenvalue weighted by Crippen LogP contribution is -2.52. The lowest BCUT2D eigenvalue weighted by atomic mass is 10.1. The zero-order chi connectivity index (χ0) is 63.8. The molecule has 8 N–H and O–H groups in total. The summed E-state index contributed by atoms with van der Waals surface area (Å²) in [6, 6.07) is 7.39. The first kappa shape index (κ1) is 74.0. The van der Waals surface area contributed by atoms with Gasteiger partial charge < -0.3 is 56.1 Å². The van der Waals surface area contributed by atoms with E-state index >= 15 is 0 Å². The Bertz CT molecular complexity index is 2310. The van der Waals surface area contributed by atoms with E-state index in [1.807, 2.05) is 38.7 Å². The molecular formula is C55H89N13O19. The quantitative estimate of drug-likeness (QED) is 0.0152. The average Bonchev–Trinajstić information content (AvgIpc) is 3.79. The van der Waals surface area contributed by atoms with Crippen molar-refractivity contribution in [1.29, 1.82) is 0 Å². The second-order valence-corrected chi connectivity index (χ2v) is 21.0. The molecule has 0 radical (unpaired) electrons. The first-order valence-corrected chi connectivity index (χ1v) is 29.1. The molecule has 0 spiro atoms. The van der Waals surface area contributed by atoms with Gasteiger partial charge in [0.2, 0.25) is 17.7 Å². The number of nitrogens with two attached hydrogens (primary N) is 1. The van der Waals surface area contributed by atoms with E-state index in [0.29, 0.717) is 161 Å². The maximum atomic E-state index is 13.4. The molecule has 1 aromatic carbocycles. The fourth-order valence-electron chi connectivity index (χ4n) is 9.30. The number of carboxylic acid groups (broad SMARTS) is 3. The van der Waals surface area contributed by atoms with Crippen LogP contribution in [0.1, 0.15) is 56.1 Å². The second kappa shape index (κ2) is 43.3. The van der Waals surface area contributed by atoms with Gasteiger partial charge in [-0.25, -0.2) is 4.79 Å². The first-order valence-electron chi connectivity index (χ1n) is 29.1. The van der Waals surface area contributed by atoms with E-state index in [0.717, 1.165) is 6.42 Å². The Morgan fingerprint density at radius 1 is 0.529 bits per heavy atom. The van der Waals surface area contributed by atoms with Gasteiger partial charge in [0.1, 0.15) is 26.2 Å². The Kier molecular flexibility index (Phi) is 36.8. The molecule has 32 nitrogen and oxygen atoms in total. The van der Waals surface area contributed by atoms with Gasteiger partial charge in [0, 0.05) is 137 Å². The highest BCUT2D eigenvalue weighted by Gasteiger charge is 2.33. The van der Waals surface area contributed by atoms with Crippen LogP contribution in [0.4, 0.5) is 0 Å². The van der Waals surface area contributed by atoms with Crippen molar-refractivity contribution in [2.75, 3.05) is 177 Å². The number of aryl methyl sites for hydroxylation is 2. The molecule has 3 heterocycles. The van der Waals surface area contributed by atoms with Gasteiger partial charge in [-0.05, 0) is 51.1 Å². The van der Waals surface area contributed by atoms with Crippen LogP contribution in [0.3, 0.4) is 0 Å². The molecule has 0 aliphatic carbocycles. The third-order valence-corrected chi connectivity index (χ3v) is 14.2. The van der Waals surface area contributed by atoms with E-state index < -0.39 is 47.6 Å². The highest BCUT2D eigenvalue weighted by Crippen LogP contribution is 2.13. The predicted octanol–water partition coefficient (Wildman–Crippen LogP) is -4.15. The number of carboxylic acids is 3. The normalized spacial score (nSPS) is 17.7. The summed E-state index contributed by atoms with van der Waals surface area (Å²) >= 11 is 0. The van der Waals surface area contributed by atoms with Crippen LogP contribution >= 0.6 is 0 Å². The number of nitrogens with one attached hydrogen (secondary N) is 3. The van der Waals surface area contributed by atoms with Gasteiger partial charge in [0.05, 0.1) is 32.7 Å². The minimum atomic E-state index is -1.03. The number of aliphatic carboxylic acids is 3. The number of unbranched alkanes of at least 4 members (excludes halogenated alkanes) is 1. The van der Waals surface area contributed by atoms with Crippen molar-refractivity contribution in [3.63, 3.8) is 0 Å². The summed E-state index contributed by atoms with van der Waals surface area (Å²) < 4.78 is 14.7. The summed E-state index contributed by atoms with van der Waals surface area (Å²) in [6.07, 6.45) is 3.51. The topological polar surface area (TPSA) is 394 Å². The SMILES string of the molecule is Cc1ccc(CCCC(=O)NCCNC(=O)C(CCCCN)NC(=O)CN2CCN(COC=O)CCN(CC(=O)O)CCN(CC(=O)O)CC2)cc1.O=COCN1CCN(COC=O)CCN(CC(=O)ON2C(=O)CCC2=O)CCN(CC(=O)O)CC1. The standard InChI is InChI=1S/C35H58N8O9.C20H31N5O10/c1-28-8-10-29(11-9-28)5-4-7-31(45)37-13-14-38-35(51)30(6-2-3-12-36)39-32(46)23-40-15-16-41(24-33(47)48)17-18-42(25-34(49)50)20-22-43(21-19-40)26-52-27-44;26-15-33-13-23-7-5-21(11-19(30)31)3-4-22(6-8-24(10-9-23)14-34-16-27)12-20(32)35-25-17(28)1-2-18(25)29/h8-11,27,30H,2-7,12-26,36H2,1H3,(H,37,45)(H,38,51)(H,39,46)(H,47,48)(H,49,50);15-16H,1-14H2,(H,30,31). The molecule has 3 aliphatic rings. The van der Waals surface area contributed by atoms with E-state index in [1.54, 1.807) is 19.6 Å². The lowest BCUT2D eigenvalue weighted by Gasteiger charge is -2.33. The summed E-state index contributed by atoms with van der Waals surface area (Å²) in [5.41, 5.74) is 8.02. The van der Waals surface area contributed by atoms with Crippen molar-refractivity contribution in [3.05, 3.63) is 35.4 Å². The van der Waals surface area contributed by atoms with Crippen LogP contribution in [0.5, 0.6) is 0 Å². The van der Waals surface area contributed by atoms with E-state index in [9.17, 15) is 72.9 Å². The van der Waals surface area contributed by atoms with E-state index in [-0.39, 0.29) is 97.2 Å². The van der Waals surface area contributed by atoms with Crippen molar-refractivity contribution < 1.29 is 91.9 Å². The Labute approximate surface area is 506 Å². The highest BCUT2D eigenvalue weighted by molar-refractivity contribution is 6.01. The van der Waals surface area contributed by atoms with Crippen LogP contribution in [0.25, 0.3) is 0 Å². The number of amides is 5. The number of hydrogen-bond donors (Lipinski definition) is 7. The number of nitrogens with zero attached hydrogens (tertiary/aromatic N) is 9. The van der Waals surface area contributed by atoms with Crippen molar-refractivity contribution in [2.24, 2.45) is 5.73 Å². The largest absolute Gasteiger partial charge is 0.480 e. The lowest BCUT2D eigenvalue weighted by molar-refractivity contribution is -0.198. The molecule has 1 unspecified atom stereocenters.